The molecule has 5 rings (SSSR count). The van der Waals surface area contributed by atoms with Crippen LogP contribution >= 0.6 is 22.7 Å². The number of hydrogen-bond donors (Lipinski definition) is 0. The van der Waals surface area contributed by atoms with Crippen LogP contribution in [0.5, 0.6) is 0 Å². The van der Waals surface area contributed by atoms with Gasteiger partial charge in [0.2, 0.25) is 0 Å². The Hall–Kier alpha value is -1.44. The molecule has 2 saturated heterocycles. The predicted octanol–water partition coefficient (Wildman–Crippen LogP) is 7.64. The monoisotopic (exact) mass is 568 g/mol. The second kappa shape index (κ2) is 9.95. The summed E-state index contributed by atoms with van der Waals surface area (Å²) in [5.74, 6) is -15.9. The molecule has 2 aromatic heterocycles. The zero-order valence-corrected chi connectivity index (χ0v) is 21.8. The van der Waals surface area contributed by atoms with E-state index in [4.69, 9.17) is 18.9 Å². The zero-order chi connectivity index (χ0) is 26.6. The van der Waals surface area contributed by atoms with Crippen LogP contribution in [0, 0.1) is 0 Å². The van der Waals surface area contributed by atoms with Gasteiger partial charge in [-0.2, -0.15) is 26.3 Å². The van der Waals surface area contributed by atoms with Crippen LogP contribution in [0.25, 0.3) is 11.1 Å². The Morgan fingerprint density at radius 3 is 1.35 bits per heavy atom. The maximum Gasteiger partial charge on any atom is 0.380 e. The lowest BCUT2D eigenvalue weighted by molar-refractivity contribution is -0.254. The lowest BCUT2D eigenvalue weighted by Crippen LogP contribution is -2.49. The molecule has 0 radical (unpaired) electrons. The molecule has 1 aliphatic carbocycles. The molecular formula is C25H26F6O4S2. The van der Waals surface area contributed by atoms with E-state index in [-0.39, 0.29) is 50.4 Å². The number of rotatable bonds is 8. The fourth-order valence-electron chi connectivity index (χ4n) is 4.86. The van der Waals surface area contributed by atoms with Gasteiger partial charge in [-0.1, -0.05) is 26.7 Å². The van der Waals surface area contributed by atoms with Gasteiger partial charge < -0.3 is 18.9 Å². The Bertz CT molecular complexity index is 1090. The van der Waals surface area contributed by atoms with Crippen molar-refractivity contribution in [3.05, 3.63) is 42.8 Å². The lowest BCUT2D eigenvalue weighted by atomic mass is 9.93. The highest BCUT2D eigenvalue weighted by atomic mass is 32.1. The van der Waals surface area contributed by atoms with Crippen LogP contribution in [0.2, 0.25) is 0 Å². The van der Waals surface area contributed by atoms with E-state index < -0.39 is 41.5 Å². The van der Waals surface area contributed by atoms with Crippen molar-refractivity contribution in [2.24, 2.45) is 0 Å². The molecule has 2 aromatic rings. The average Bonchev–Trinajstić information content (AvgIpc) is 3.65. The molecule has 2 fully saturated rings. The number of allylic oxidation sites excluding steroid dienone is 2. The van der Waals surface area contributed by atoms with E-state index >= 15 is 17.6 Å². The molecule has 4 heterocycles. The van der Waals surface area contributed by atoms with Gasteiger partial charge in [-0.15, -0.1) is 22.7 Å². The fraction of sp³-hybridized carbons (Fsp3) is 0.600. The van der Waals surface area contributed by atoms with Gasteiger partial charge in [0.25, 0.3) is 0 Å². The van der Waals surface area contributed by atoms with Crippen molar-refractivity contribution < 1.29 is 45.3 Å². The Kier molecular flexibility index (Phi) is 7.29. The van der Waals surface area contributed by atoms with Crippen molar-refractivity contribution in [3.8, 4) is 0 Å². The third-order valence-corrected chi connectivity index (χ3v) is 8.96. The van der Waals surface area contributed by atoms with E-state index in [1.807, 2.05) is 0 Å². The van der Waals surface area contributed by atoms with Gasteiger partial charge in [-0.3, -0.25) is 0 Å². The highest BCUT2D eigenvalue weighted by Crippen LogP contribution is 2.66. The van der Waals surface area contributed by atoms with E-state index in [0.29, 0.717) is 32.4 Å². The van der Waals surface area contributed by atoms with Crippen molar-refractivity contribution in [2.45, 2.75) is 69.9 Å². The van der Waals surface area contributed by atoms with Crippen LogP contribution in [0.4, 0.5) is 26.3 Å². The normalized spacial score (nSPS) is 23.6. The van der Waals surface area contributed by atoms with Crippen molar-refractivity contribution >= 4 is 33.8 Å². The minimum absolute atomic E-state index is 0.247. The molecule has 3 aliphatic rings. The van der Waals surface area contributed by atoms with Crippen LogP contribution in [-0.2, 0) is 31.8 Å². The Morgan fingerprint density at radius 2 is 1.03 bits per heavy atom. The van der Waals surface area contributed by atoms with Gasteiger partial charge in [0.05, 0.1) is 36.2 Å². The summed E-state index contributed by atoms with van der Waals surface area (Å²) < 4.78 is 114. The predicted molar refractivity (Wildman–Crippen MR) is 128 cm³/mol. The molecule has 12 heteroatoms. The second-order valence-corrected chi connectivity index (χ2v) is 11.4. The van der Waals surface area contributed by atoms with Crippen LogP contribution in [0.3, 0.4) is 0 Å². The zero-order valence-electron chi connectivity index (χ0n) is 20.2. The van der Waals surface area contributed by atoms with E-state index in [2.05, 4.69) is 0 Å². The molecule has 0 atom stereocenters. The van der Waals surface area contributed by atoms with Gasteiger partial charge in [-0.25, -0.2) is 0 Å². The largest absolute Gasteiger partial charge is 0.380 e. The molecule has 37 heavy (non-hydrogen) atoms. The first-order chi connectivity index (χ1) is 17.5. The summed E-state index contributed by atoms with van der Waals surface area (Å²) in [4.78, 5) is 1.38. The molecule has 0 amide bonds. The minimum atomic E-state index is -5.62. The van der Waals surface area contributed by atoms with Gasteiger partial charge in [0.15, 0.2) is 12.6 Å². The molecule has 0 spiro atoms. The number of alkyl halides is 6. The van der Waals surface area contributed by atoms with Crippen LogP contribution in [-0.4, -0.2) is 44.2 Å². The summed E-state index contributed by atoms with van der Waals surface area (Å²) in [6.45, 7) is 4.72. The van der Waals surface area contributed by atoms with Crippen molar-refractivity contribution in [1.29, 1.82) is 0 Å². The maximum absolute atomic E-state index is 15.5. The quantitative estimate of drug-likeness (QED) is 0.307. The number of ether oxygens (including phenoxy) is 4. The molecule has 0 bridgehead atoms. The van der Waals surface area contributed by atoms with Gasteiger partial charge in [-0.05, 0) is 36.1 Å². The van der Waals surface area contributed by atoms with Gasteiger partial charge in [0, 0.05) is 20.9 Å². The molecule has 0 aromatic carbocycles. The molecule has 0 unspecified atom stereocenters. The Morgan fingerprint density at radius 1 is 0.676 bits per heavy atom. The van der Waals surface area contributed by atoms with E-state index in [1.165, 1.54) is 12.1 Å². The Labute approximate surface area is 218 Å². The third-order valence-electron chi connectivity index (χ3n) is 6.52. The molecule has 0 N–H and O–H groups in total. The van der Waals surface area contributed by atoms with E-state index in [0.717, 1.165) is 22.7 Å². The van der Waals surface area contributed by atoms with E-state index in [1.54, 1.807) is 13.8 Å². The molecule has 2 aliphatic heterocycles. The van der Waals surface area contributed by atoms with Gasteiger partial charge >= 0.3 is 17.8 Å². The maximum atomic E-state index is 15.5. The van der Waals surface area contributed by atoms with Crippen LogP contribution < -0.4 is 0 Å². The summed E-state index contributed by atoms with van der Waals surface area (Å²) >= 11 is 2.12. The number of aryl methyl sites for hydroxylation is 2. The number of thiophene rings is 2. The fourth-order valence-corrected chi connectivity index (χ4v) is 7.40. The molecule has 4 nitrogen and oxygen atoms in total. The van der Waals surface area contributed by atoms with Crippen molar-refractivity contribution in [2.75, 3.05) is 26.4 Å². The van der Waals surface area contributed by atoms with Crippen molar-refractivity contribution in [1.82, 2.24) is 0 Å². The highest BCUT2D eigenvalue weighted by Gasteiger charge is 2.80. The minimum Gasteiger partial charge on any atom is -0.345 e. The van der Waals surface area contributed by atoms with E-state index in [9.17, 15) is 8.78 Å². The molecule has 204 valence electrons. The smallest absolute Gasteiger partial charge is 0.345 e. The van der Waals surface area contributed by atoms with Crippen LogP contribution in [0.1, 0.15) is 69.9 Å². The van der Waals surface area contributed by atoms with Crippen molar-refractivity contribution in [3.63, 3.8) is 0 Å². The topological polar surface area (TPSA) is 36.9 Å². The average molecular weight is 569 g/mol. The van der Waals surface area contributed by atoms with Gasteiger partial charge in [0.1, 0.15) is 0 Å². The number of halogens is 6. The second-order valence-electron chi connectivity index (χ2n) is 9.09. The summed E-state index contributed by atoms with van der Waals surface area (Å²) in [5, 5.41) is 0. The molecular weight excluding hydrogens is 542 g/mol. The summed E-state index contributed by atoms with van der Waals surface area (Å²) in [7, 11) is 0. The first kappa shape index (κ1) is 27.1. The number of hydrogen-bond acceptors (Lipinski definition) is 6. The summed E-state index contributed by atoms with van der Waals surface area (Å²) in [5.41, 5.74) is -3.27. The summed E-state index contributed by atoms with van der Waals surface area (Å²) in [6, 6.07) is 2.50. The Balaban J connectivity index is 1.77. The summed E-state index contributed by atoms with van der Waals surface area (Å²) in [6.07, 6.45) is -0.210. The standard InChI is InChI=1S/C25H26F6O4S2/c1-3-5-15-13(11-17(36-15)21-32-7-8-33-21)19-20(24(28,29)25(30,31)23(19,26)27)14-12-18(22-34-9-10-35-22)37-16(14)6-4-2/h11-12,21-22H,3-10H2,1-2H3. The SMILES string of the molecule is CCCc1sc(C2OCCO2)cc1C1=C(c2cc(C3OCCO3)sc2CCC)C(F)(F)C(F)(F)C1(F)F. The highest BCUT2D eigenvalue weighted by molar-refractivity contribution is 7.12. The van der Waals surface area contributed by atoms with Crippen LogP contribution in [0.15, 0.2) is 12.1 Å². The lowest BCUT2D eigenvalue weighted by Gasteiger charge is -2.26. The molecule has 0 saturated carbocycles. The first-order valence-corrected chi connectivity index (χ1v) is 13.8. The third kappa shape index (κ3) is 4.28. The first-order valence-electron chi connectivity index (χ1n) is 12.2.